The van der Waals surface area contributed by atoms with E-state index in [1.807, 2.05) is 0 Å². The summed E-state index contributed by atoms with van der Waals surface area (Å²) in [5.41, 5.74) is 0.899. The lowest BCUT2D eigenvalue weighted by Gasteiger charge is -2.19. The van der Waals surface area contributed by atoms with Crippen molar-refractivity contribution in [1.82, 2.24) is 10.2 Å². The van der Waals surface area contributed by atoms with E-state index in [0.717, 1.165) is 12.1 Å². The second-order valence-electron chi connectivity index (χ2n) is 4.69. The van der Waals surface area contributed by atoms with Crippen LogP contribution in [0, 0.1) is 5.82 Å². The fraction of sp³-hybridized carbons (Fsp3) is 0.538. The predicted molar refractivity (Wildman–Crippen MR) is 68.8 cm³/mol. The van der Waals surface area contributed by atoms with E-state index in [1.165, 1.54) is 31.5 Å². The van der Waals surface area contributed by atoms with E-state index in [1.54, 1.807) is 6.07 Å². The Morgan fingerprint density at radius 1 is 1.47 bits per heavy atom. The van der Waals surface area contributed by atoms with Gasteiger partial charge in [-0.05, 0) is 50.2 Å². The topological polar surface area (TPSA) is 15.3 Å². The number of halogens is 2. The summed E-state index contributed by atoms with van der Waals surface area (Å²) in [6, 6.07) is 5.27. The van der Waals surface area contributed by atoms with Crippen LogP contribution in [-0.4, -0.2) is 31.1 Å². The van der Waals surface area contributed by atoms with Crippen molar-refractivity contribution in [3.8, 4) is 0 Å². The third-order valence-corrected chi connectivity index (χ3v) is 3.52. The summed E-state index contributed by atoms with van der Waals surface area (Å²) in [6.07, 6.45) is 2.52. The number of nitrogens with zero attached hydrogens (tertiary/aromatic N) is 1. The van der Waals surface area contributed by atoms with Gasteiger partial charge in [0.25, 0.3) is 0 Å². The molecule has 1 aromatic rings. The molecule has 1 N–H and O–H groups in total. The Balaban J connectivity index is 1.81. The Morgan fingerprint density at radius 2 is 2.29 bits per heavy atom. The molecule has 0 aliphatic carbocycles. The zero-order valence-corrected chi connectivity index (χ0v) is 10.8. The molecule has 17 heavy (non-hydrogen) atoms. The van der Waals surface area contributed by atoms with Gasteiger partial charge in [-0.2, -0.15) is 0 Å². The number of likely N-dealkylation sites (tertiary alicyclic amines) is 1. The summed E-state index contributed by atoms with van der Waals surface area (Å²) in [4.78, 5) is 2.37. The number of hydrogen-bond donors (Lipinski definition) is 1. The SMILES string of the molecule is CN1CCCC1CNCc1cc(F)cc(Cl)c1. The molecule has 1 fully saturated rings. The lowest BCUT2D eigenvalue weighted by atomic mass is 10.2. The summed E-state index contributed by atoms with van der Waals surface area (Å²) in [7, 11) is 2.15. The van der Waals surface area contributed by atoms with Crippen LogP contribution in [0.15, 0.2) is 18.2 Å². The molecular weight excluding hydrogens is 239 g/mol. The first-order valence-corrected chi connectivity index (χ1v) is 6.39. The Morgan fingerprint density at radius 3 is 2.94 bits per heavy atom. The van der Waals surface area contributed by atoms with Crippen molar-refractivity contribution in [2.75, 3.05) is 20.1 Å². The van der Waals surface area contributed by atoms with Gasteiger partial charge in [0.1, 0.15) is 5.82 Å². The van der Waals surface area contributed by atoms with Gasteiger partial charge in [-0.15, -0.1) is 0 Å². The average molecular weight is 257 g/mol. The molecule has 1 aliphatic heterocycles. The van der Waals surface area contributed by atoms with Crippen molar-refractivity contribution >= 4 is 11.6 Å². The maximum atomic E-state index is 13.1. The highest BCUT2D eigenvalue weighted by Crippen LogP contribution is 2.15. The van der Waals surface area contributed by atoms with E-state index in [2.05, 4.69) is 17.3 Å². The molecule has 1 atom stereocenters. The number of nitrogens with one attached hydrogen (secondary N) is 1. The molecule has 0 bridgehead atoms. The minimum absolute atomic E-state index is 0.271. The second-order valence-corrected chi connectivity index (χ2v) is 5.12. The van der Waals surface area contributed by atoms with Crippen molar-refractivity contribution in [3.05, 3.63) is 34.6 Å². The molecule has 1 saturated heterocycles. The minimum atomic E-state index is -0.271. The predicted octanol–water partition coefficient (Wildman–Crippen LogP) is 2.66. The van der Waals surface area contributed by atoms with Gasteiger partial charge in [0.15, 0.2) is 0 Å². The molecule has 94 valence electrons. The lowest BCUT2D eigenvalue weighted by molar-refractivity contribution is 0.300. The molecule has 0 radical (unpaired) electrons. The summed E-state index contributed by atoms with van der Waals surface area (Å²) < 4.78 is 13.1. The van der Waals surface area contributed by atoms with E-state index in [9.17, 15) is 4.39 Å². The van der Waals surface area contributed by atoms with Crippen LogP contribution in [0.3, 0.4) is 0 Å². The highest BCUT2D eigenvalue weighted by molar-refractivity contribution is 6.30. The number of likely N-dealkylation sites (N-methyl/N-ethyl adjacent to an activating group) is 1. The first-order chi connectivity index (χ1) is 8.15. The molecule has 2 rings (SSSR count). The smallest absolute Gasteiger partial charge is 0.125 e. The standard InChI is InChI=1S/C13H18ClFN2/c1-17-4-2-3-13(17)9-16-8-10-5-11(14)7-12(15)6-10/h5-7,13,16H,2-4,8-9H2,1H3. The van der Waals surface area contributed by atoms with Gasteiger partial charge in [0.05, 0.1) is 0 Å². The third kappa shape index (κ3) is 3.66. The largest absolute Gasteiger partial charge is 0.311 e. The van der Waals surface area contributed by atoms with Crippen LogP contribution in [0.25, 0.3) is 0 Å². The highest BCUT2D eigenvalue weighted by atomic mass is 35.5. The van der Waals surface area contributed by atoms with Crippen LogP contribution in [0.5, 0.6) is 0 Å². The van der Waals surface area contributed by atoms with Crippen LogP contribution in [-0.2, 0) is 6.54 Å². The second kappa shape index (κ2) is 5.80. The molecule has 1 heterocycles. The van der Waals surface area contributed by atoms with Gasteiger partial charge in [0.2, 0.25) is 0 Å². The Hall–Kier alpha value is -0.640. The van der Waals surface area contributed by atoms with Gasteiger partial charge in [-0.1, -0.05) is 11.6 Å². The molecule has 0 amide bonds. The maximum Gasteiger partial charge on any atom is 0.125 e. The summed E-state index contributed by atoms with van der Waals surface area (Å²) in [6.45, 7) is 2.80. The minimum Gasteiger partial charge on any atom is -0.311 e. The third-order valence-electron chi connectivity index (χ3n) is 3.30. The van der Waals surface area contributed by atoms with Gasteiger partial charge >= 0.3 is 0 Å². The molecule has 2 nitrogen and oxygen atoms in total. The van der Waals surface area contributed by atoms with Crippen LogP contribution in [0.4, 0.5) is 4.39 Å². The summed E-state index contributed by atoms with van der Waals surface area (Å²) in [5, 5.41) is 3.82. The number of benzene rings is 1. The average Bonchev–Trinajstić information content (AvgIpc) is 2.63. The van der Waals surface area contributed by atoms with Crippen molar-refractivity contribution in [2.24, 2.45) is 0 Å². The fourth-order valence-electron chi connectivity index (χ4n) is 2.33. The summed E-state index contributed by atoms with van der Waals surface area (Å²) in [5.74, 6) is -0.271. The zero-order valence-electron chi connectivity index (χ0n) is 10.0. The van der Waals surface area contributed by atoms with Crippen LogP contribution in [0.2, 0.25) is 5.02 Å². The zero-order chi connectivity index (χ0) is 12.3. The molecule has 0 spiro atoms. The van der Waals surface area contributed by atoms with E-state index in [0.29, 0.717) is 17.6 Å². The Labute approximate surface area is 107 Å². The number of hydrogen-bond acceptors (Lipinski definition) is 2. The van der Waals surface area contributed by atoms with E-state index in [-0.39, 0.29) is 5.82 Å². The Kier molecular flexibility index (Phi) is 4.37. The normalized spacial score (nSPS) is 21.0. The van der Waals surface area contributed by atoms with Crippen LogP contribution in [0.1, 0.15) is 18.4 Å². The molecule has 0 aromatic heterocycles. The van der Waals surface area contributed by atoms with Crippen LogP contribution < -0.4 is 5.32 Å². The first kappa shape index (κ1) is 12.8. The van der Waals surface area contributed by atoms with E-state index in [4.69, 9.17) is 11.6 Å². The Bertz CT molecular complexity index is 363. The van der Waals surface area contributed by atoms with Gasteiger partial charge in [-0.3, -0.25) is 0 Å². The van der Waals surface area contributed by atoms with Gasteiger partial charge < -0.3 is 10.2 Å². The monoisotopic (exact) mass is 256 g/mol. The van der Waals surface area contributed by atoms with Crippen molar-refractivity contribution in [2.45, 2.75) is 25.4 Å². The van der Waals surface area contributed by atoms with E-state index < -0.39 is 0 Å². The lowest BCUT2D eigenvalue weighted by Crippen LogP contribution is -2.35. The van der Waals surface area contributed by atoms with Gasteiger partial charge in [0, 0.05) is 24.2 Å². The molecule has 1 aromatic carbocycles. The highest BCUT2D eigenvalue weighted by Gasteiger charge is 2.19. The van der Waals surface area contributed by atoms with Crippen molar-refractivity contribution in [1.29, 1.82) is 0 Å². The molecule has 1 unspecified atom stereocenters. The molecule has 0 saturated carbocycles. The summed E-state index contributed by atoms with van der Waals surface area (Å²) >= 11 is 5.80. The quantitative estimate of drug-likeness (QED) is 0.891. The number of rotatable bonds is 4. The van der Waals surface area contributed by atoms with E-state index >= 15 is 0 Å². The van der Waals surface area contributed by atoms with Crippen LogP contribution >= 0.6 is 11.6 Å². The molecule has 4 heteroatoms. The van der Waals surface area contributed by atoms with Crippen molar-refractivity contribution in [3.63, 3.8) is 0 Å². The molecule has 1 aliphatic rings. The fourth-order valence-corrected chi connectivity index (χ4v) is 2.58. The molecular formula is C13H18ClFN2. The van der Waals surface area contributed by atoms with Crippen molar-refractivity contribution < 1.29 is 4.39 Å². The maximum absolute atomic E-state index is 13.1. The van der Waals surface area contributed by atoms with Gasteiger partial charge in [-0.25, -0.2) is 4.39 Å². The first-order valence-electron chi connectivity index (χ1n) is 6.01.